The van der Waals surface area contributed by atoms with Gasteiger partial charge in [0.1, 0.15) is 0 Å². The maximum absolute atomic E-state index is 7.79. The molecule has 0 aliphatic carbocycles. The Labute approximate surface area is 215 Å². The average molecular weight is 489 g/mol. The zero-order valence-corrected chi connectivity index (χ0v) is 22.4. The van der Waals surface area contributed by atoms with E-state index in [9.17, 15) is 0 Å². The van der Waals surface area contributed by atoms with Gasteiger partial charge in [0.15, 0.2) is 0 Å². The van der Waals surface area contributed by atoms with E-state index < -0.39 is 6.83 Å². The SMILES string of the molecule is Cc1ccccc1P(Oc1ccccc1)(c1ccccc1C)(c1ccccc1C)c1ccccc1C. The van der Waals surface area contributed by atoms with Gasteiger partial charge in [-0.05, 0) is 0 Å². The quantitative estimate of drug-likeness (QED) is 0.232. The number of hydrogen-bond acceptors (Lipinski definition) is 1. The summed E-state index contributed by atoms with van der Waals surface area (Å²) in [5.41, 5.74) is 4.89. The molecule has 1 nitrogen and oxygen atoms in total. The molecule has 0 N–H and O–H groups in total. The van der Waals surface area contributed by atoms with Crippen molar-refractivity contribution in [3.05, 3.63) is 150 Å². The van der Waals surface area contributed by atoms with Crippen LogP contribution in [0.2, 0.25) is 0 Å². The second kappa shape index (κ2) is 9.41. The van der Waals surface area contributed by atoms with E-state index >= 15 is 0 Å². The van der Waals surface area contributed by atoms with Gasteiger partial charge in [-0.3, -0.25) is 0 Å². The summed E-state index contributed by atoms with van der Waals surface area (Å²) in [6.07, 6.45) is 0. The van der Waals surface area contributed by atoms with Crippen LogP contribution >= 0.6 is 6.83 Å². The van der Waals surface area contributed by atoms with Crippen LogP contribution in [0.1, 0.15) is 22.3 Å². The molecule has 0 saturated heterocycles. The summed E-state index contributed by atoms with van der Waals surface area (Å²) in [5.74, 6) is 0.869. The summed E-state index contributed by atoms with van der Waals surface area (Å²) in [7, 11) is 0. The molecule has 0 aromatic heterocycles. The molecule has 5 aromatic carbocycles. The van der Waals surface area contributed by atoms with Gasteiger partial charge in [0.2, 0.25) is 0 Å². The summed E-state index contributed by atoms with van der Waals surface area (Å²) in [6, 6.07) is 45.6. The second-order valence-corrected chi connectivity index (χ2v) is 13.8. The molecule has 5 aromatic rings. The van der Waals surface area contributed by atoms with Crippen molar-refractivity contribution in [2.24, 2.45) is 0 Å². The molecule has 0 aliphatic heterocycles. The Hall–Kier alpha value is -3.67. The Bertz CT molecular complexity index is 1330. The number of rotatable bonds is 6. The van der Waals surface area contributed by atoms with Gasteiger partial charge in [-0.25, -0.2) is 0 Å². The average Bonchev–Trinajstić information content (AvgIpc) is 2.90. The van der Waals surface area contributed by atoms with Crippen LogP contribution in [0.4, 0.5) is 0 Å². The number of benzene rings is 5. The van der Waals surface area contributed by atoms with Crippen LogP contribution in [0.25, 0.3) is 0 Å². The van der Waals surface area contributed by atoms with E-state index in [2.05, 4.69) is 149 Å². The molecule has 0 saturated carbocycles. The maximum atomic E-state index is 7.79. The summed E-state index contributed by atoms with van der Waals surface area (Å²) in [5, 5.41) is 4.96. The van der Waals surface area contributed by atoms with E-state index in [1.54, 1.807) is 0 Å². The van der Waals surface area contributed by atoms with Gasteiger partial charge < -0.3 is 0 Å². The third-order valence-corrected chi connectivity index (χ3v) is 13.6. The first-order valence-corrected chi connectivity index (χ1v) is 14.7. The summed E-state index contributed by atoms with van der Waals surface area (Å²) in [6.45, 7) is 5.08. The molecule has 0 spiro atoms. The number of para-hydroxylation sites is 1. The van der Waals surface area contributed by atoms with Gasteiger partial charge in [-0.2, -0.15) is 0 Å². The van der Waals surface area contributed by atoms with Gasteiger partial charge in [0.05, 0.1) is 0 Å². The molecule has 0 bridgehead atoms. The third kappa shape index (κ3) is 3.50. The molecule has 5 rings (SSSR count). The standard InChI is InChI=1S/C34H33OP/c1-26-16-8-12-22-31(26)36(32-23-13-9-17-27(32)2,33-24-14-10-18-28(33)3,34-25-15-11-19-29(34)4)35-30-20-6-5-7-21-30/h5-25H,1-4H3. The van der Waals surface area contributed by atoms with Crippen molar-refractivity contribution in [1.82, 2.24) is 0 Å². The topological polar surface area (TPSA) is 9.23 Å². The normalized spacial score (nSPS) is 12.5. The Kier molecular flexibility index (Phi) is 6.29. The fourth-order valence-corrected chi connectivity index (χ4v) is 12.8. The molecule has 180 valence electrons. The van der Waals surface area contributed by atoms with Crippen molar-refractivity contribution in [3.8, 4) is 5.75 Å². The van der Waals surface area contributed by atoms with Crippen LogP contribution < -0.4 is 25.7 Å². The van der Waals surface area contributed by atoms with Crippen molar-refractivity contribution in [1.29, 1.82) is 0 Å². The minimum absolute atomic E-state index is 0.869. The van der Waals surface area contributed by atoms with Crippen LogP contribution in [-0.4, -0.2) is 0 Å². The van der Waals surface area contributed by atoms with E-state index in [1.165, 1.54) is 43.5 Å². The van der Waals surface area contributed by atoms with Crippen LogP contribution in [0.5, 0.6) is 5.75 Å². The Balaban J connectivity index is 2.17. The van der Waals surface area contributed by atoms with Crippen molar-refractivity contribution in [2.75, 3.05) is 0 Å². The first kappa shape index (κ1) is 24.0. The van der Waals surface area contributed by atoms with E-state index in [1.807, 2.05) is 6.07 Å². The first-order chi connectivity index (χ1) is 17.5. The van der Waals surface area contributed by atoms with Crippen LogP contribution in [0, 0.1) is 27.7 Å². The third-order valence-electron chi connectivity index (χ3n) is 7.33. The van der Waals surface area contributed by atoms with Crippen LogP contribution in [0.15, 0.2) is 127 Å². The summed E-state index contributed by atoms with van der Waals surface area (Å²) >= 11 is 0. The fraction of sp³-hybridized carbons (Fsp3) is 0.118. The monoisotopic (exact) mass is 488 g/mol. The van der Waals surface area contributed by atoms with Crippen LogP contribution in [0.3, 0.4) is 0 Å². The number of aryl methyl sites for hydroxylation is 4. The Morgan fingerprint density at radius 3 is 0.944 bits per heavy atom. The van der Waals surface area contributed by atoms with Crippen LogP contribution in [-0.2, 0) is 0 Å². The van der Waals surface area contributed by atoms with Gasteiger partial charge in [0, 0.05) is 0 Å². The predicted molar refractivity (Wildman–Crippen MR) is 157 cm³/mol. The van der Waals surface area contributed by atoms with Crippen molar-refractivity contribution in [3.63, 3.8) is 0 Å². The van der Waals surface area contributed by atoms with Gasteiger partial charge >= 0.3 is 216 Å². The van der Waals surface area contributed by atoms with Gasteiger partial charge in [-0.15, -0.1) is 0 Å². The van der Waals surface area contributed by atoms with E-state index in [-0.39, 0.29) is 0 Å². The molecule has 0 radical (unpaired) electrons. The molecular formula is C34H33OP. The molecule has 0 unspecified atom stereocenters. The summed E-state index contributed by atoms with van der Waals surface area (Å²) in [4.78, 5) is 0. The molecule has 2 heteroatoms. The van der Waals surface area contributed by atoms with Gasteiger partial charge in [-0.1, -0.05) is 0 Å². The molecule has 0 amide bonds. The fourth-order valence-electron chi connectivity index (χ4n) is 5.84. The summed E-state index contributed by atoms with van der Waals surface area (Å²) < 4.78 is 7.79. The van der Waals surface area contributed by atoms with E-state index in [0.29, 0.717) is 0 Å². The van der Waals surface area contributed by atoms with E-state index in [0.717, 1.165) is 5.75 Å². The van der Waals surface area contributed by atoms with Crippen molar-refractivity contribution in [2.45, 2.75) is 27.7 Å². The molecular weight excluding hydrogens is 455 g/mol. The van der Waals surface area contributed by atoms with E-state index in [4.69, 9.17) is 4.52 Å². The zero-order valence-electron chi connectivity index (χ0n) is 21.5. The minimum atomic E-state index is -3.81. The molecule has 0 atom stereocenters. The van der Waals surface area contributed by atoms with Gasteiger partial charge in [0.25, 0.3) is 0 Å². The molecule has 0 aliphatic rings. The molecule has 0 heterocycles. The number of hydrogen-bond donors (Lipinski definition) is 0. The zero-order chi connectivity index (χ0) is 25.2. The molecule has 0 fully saturated rings. The predicted octanol–water partition coefficient (Wildman–Crippen LogP) is 7.07. The Morgan fingerprint density at radius 1 is 0.361 bits per heavy atom. The van der Waals surface area contributed by atoms with Crippen molar-refractivity contribution < 1.29 is 4.52 Å². The second-order valence-electron chi connectivity index (χ2n) is 9.59. The first-order valence-electron chi connectivity index (χ1n) is 12.5. The Morgan fingerprint density at radius 2 is 0.639 bits per heavy atom. The van der Waals surface area contributed by atoms with Crippen molar-refractivity contribution >= 4 is 28.0 Å². The molecule has 36 heavy (non-hydrogen) atoms.